The Balaban J connectivity index is 2.26. The number of ether oxygens (including phenoxy) is 1. The quantitative estimate of drug-likeness (QED) is 0.841. The Morgan fingerprint density at radius 3 is 2.29 bits per heavy atom. The molecule has 0 aliphatic carbocycles. The van der Waals surface area contributed by atoms with Gasteiger partial charge in [0.2, 0.25) is 0 Å². The summed E-state index contributed by atoms with van der Waals surface area (Å²) in [6.07, 6.45) is -0.548. The average molecular weight is 349 g/mol. The Kier molecular flexibility index (Phi) is 5.07. The lowest BCUT2D eigenvalue weighted by Crippen LogP contribution is -2.04. The largest absolute Gasteiger partial charge is 0.488 e. The predicted molar refractivity (Wildman–Crippen MR) is 89.8 cm³/mol. The minimum Gasteiger partial charge on any atom is -0.488 e. The van der Waals surface area contributed by atoms with E-state index in [2.05, 4.69) is 48.8 Å². The van der Waals surface area contributed by atoms with Crippen LogP contribution in [0.4, 0.5) is 0 Å². The van der Waals surface area contributed by atoms with E-state index in [0.29, 0.717) is 6.61 Å². The number of hydrogen-bond acceptors (Lipinski definition) is 2. The molecule has 3 heteroatoms. The molecule has 1 atom stereocenters. The molecule has 0 radical (unpaired) electrons. The third kappa shape index (κ3) is 3.86. The molecular weight excluding hydrogens is 328 g/mol. The molecule has 0 saturated heterocycles. The van der Waals surface area contributed by atoms with Crippen LogP contribution in [0.5, 0.6) is 5.75 Å². The van der Waals surface area contributed by atoms with Gasteiger partial charge < -0.3 is 9.84 Å². The Hall–Kier alpha value is -1.32. The molecule has 0 amide bonds. The van der Waals surface area contributed by atoms with Gasteiger partial charge in [-0.2, -0.15) is 0 Å². The van der Waals surface area contributed by atoms with Crippen LogP contribution in [0.25, 0.3) is 0 Å². The van der Waals surface area contributed by atoms with Crippen molar-refractivity contribution < 1.29 is 9.84 Å². The van der Waals surface area contributed by atoms with Gasteiger partial charge in [-0.25, -0.2) is 0 Å². The van der Waals surface area contributed by atoms with Gasteiger partial charge in [0.1, 0.15) is 12.4 Å². The first-order valence-electron chi connectivity index (χ1n) is 7.05. The zero-order valence-electron chi connectivity index (χ0n) is 12.9. The van der Waals surface area contributed by atoms with Crippen molar-refractivity contribution >= 4 is 15.9 Å². The van der Waals surface area contributed by atoms with Gasteiger partial charge in [0.05, 0.1) is 6.10 Å². The number of rotatable bonds is 4. The van der Waals surface area contributed by atoms with Crippen molar-refractivity contribution in [1.29, 1.82) is 0 Å². The molecule has 2 nitrogen and oxygen atoms in total. The van der Waals surface area contributed by atoms with E-state index >= 15 is 0 Å². The molecule has 2 rings (SSSR count). The van der Waals surface area contributed by atoms with Crippen molar-refractivity contribution in [2.24, 2.45) is 0 Å². The van der Waals surface area contributed by atoms with Crippen molar-refractivity contribution in [1.82, 2.24) is 0 Å². The molecular formula is C18H21BrO2. The van der Waals surface area contributed by atoms with Crippen molar-refractivity contribution in [2.75, 3.05) is 0 Å². The third-order valence-electron chi connectivity index (χ3n) is 3.64. The Bertz CT molecular complexity index is 625. The highest BCUT2D eigenvalue weighted by Crippen LogP contribution is 2.30. The van der Waals surface area contributed by atoms with Crippen LogP contribution in [0.2, 0.25) is 0 Å². The van der Waals surface area contributed by atoms with E-state index in [9.17, 15) is 5.11 Å². The van der Waals surface area contributed by atoms with Crippen LogP contribution >= 0.6 is 15.9 Å². The smallest absolute Gasteiger partial charge is 0.126 e. The fraction of sp³-hybridized carbons (Fsp3) is 0.333. The summed E-state index contributed by atoms with van der Waals surface area (Å²) in [6.45, 7) is 8.57. The van der Waals surface area contributed by atoms with Crippen LogP contribution in [0.3, 0.4) is 0 Å². The fourth-order valence-corrected chi connectivity index (χ4v) is 2.91. The molecule has 0 unspecified atom stereocenters. The number of aliphatic hydroxyl groups excluding tert-OH is 1. The lowest BCUT2D eigenvalue weighted by Gasteiger charge is -2.16. The van der Waals surface area contributed by atoms with Gasteiger partial charge in [0.25, 0.3) is 0 Å². The van der Waals surface area contributed by atoms with Crippen LogP contribution < -0.4 is 4.74 Å². The number of hydrogen-bond donors (Lipinski definition) is 1. The first-order chi connectivity index (χ1) is 9.88. The highest BCUT2D eigenvalue weighted by molar-refractivity contribution is 9.10. The Morgan fingerprint density at radius 2 is 1.71 bits per heavy atom. The van der Waals surface area contributed by atoms with E-state index in [0.717, 1.165) is 15.8 Å². The van der Waals surface area contributed by atoms with E-state index < -0.39 is 6.10 Å². The molecule has 1 N–H and O–H groups in total. The first-order valence-corrected chi connectivity index (χ1v) is 7.85. The average Bonchev–Trinajstić information content (AvgIpc) is 2.37. The van der Waals surface area contributed by atoms with Crippen LogP contribution in [-0.2, 0) is 6.61 Å². The molecule has 0 saturated carbocycles. The number of halogens is 1. The minimum atomic E-state index is -0.548. The molecule has 0 aliphatic heterocycles. The summed E-state index contributed by atoms with van der Waals surface area (Å²) in [4.78, 5) is 0. The highest BCUT2D eigenvalue weighted by atomic mass is 79.9. The van der Waals surface area contributed by atoms with Gasteiger partial charge in [-0.1, -0.05) is 39.7 Å². The molecule has 0 aromatic heterocycles. The summed E-state index contributed by atoms with van der Waals surface area (Å²) in [7, 11) is 0. The summed E-state index contributed by atoms with van der Waals surface area (Å²) >= 11 is 3.45. The van der Waals surface area contributed by atoms with Crippen molar-refractivity contribution in [3.63, 3.8) is 0 Å². The number of aliphatic hydroxyl groups is 1. The van der Waals surface area contributed by atoms with E-state index in [1.807, 2.05) is 18.2 Å². The normalized spacial score (nSPS) is 12.3. The topological polar surface area (TPSA) is 29.5 Å². The predicted octanol–water partition coefficient (Wildman–Crippen LogP) is 5.01. The van der Waals surface area contributed by atoms with Crippen LogP contribution in [0.1, 0.15) is 40.8 Å². The second kappa shape index (κ2) is 6.63. The van der Waals surface area contributed by atoms with Gasteiger partial charge >= 0.3 is 0 Å². The van der Waals surface area contributed by atoms with Crippen molar-refractivity contribution in [2.45, 2.75) is 40.4 Å². The Labute approximate surface area is 134 Å². The highest BCUT2D eigenvalue weighted by Gasteiger charge is 2.11. The summed E-state index contributed by atoms with van der Waals surface area (Å²) in [5.41, 5.74) is 5.75. The SMILES string of the molecule is Cc1cc(C)c(COc2cc(Br)ccc2[C@H](C)O)c(C)c1. The maximum Gasteiger partial charge on any atom is 0.126 e. The molecule has 2 aromatic rings. The fourth-order valence-electron chi connectivity index (χ4n) is 2.57. The molecule has 112 valence electrons. The molecule has 0 fully saturated rings. The minimum absolute atomic E-state index is 0.508. The molecule has 0 bridgehead atoms. The summed E-state index contributed by atoms with van der Waals surface area (Å²) in [5, 5.41) is 9.84. The third-order valence-corrected chi connectivity index (χ3v) is 4.13. The second-order valence-electron chi connectivity index (χ2n) is 5.52. The maximum atomic E-state index is 9.84. The van der Waals surface area contributed by atoms with Crippen LogP contribution in [-0.4, -0.2) is 5.11 Å². The number of benzene rings is 2. The zero-order valence-corrected chi connectivity index (χ0v) is 14.5. The molecule has 21 heavy (non-hydrogen) atoms. The first kappa shape index (κ1) is 16.1. The van der Waals surface area contributed by atoms with E-state index in [-0.39, 0.29) is 0 Å². The standard InChI is InChI=1S/C18H21BrO2/c1-11-7-12(2)17(13(3)8-11)10-21-18-9-15(19)5-6-16(18)14(4)20/h5-9,14,20H,10H2,1-4H3/t14-/m0/s1. The Morgan fingerprint density at radius 1 is 1.10 bits per heavy atom. The van der Waals surface area contributed by atoms with Crippen LogP contribution in [0, 0.1) is 20.8 Å². The maximum absolute atomic E-state index is 9.84. The zero-order chi connectivity index (χ0) is 15.6. The lowest BCUT2D eigenvalue weighted by atomic mass is 10.0. The summed E-state index contributed by atoms with van der Waals surface area (Å²) < 4.78 is 6.92. The van der Waals surface area contributed by atoms with Gasteiger partial charge in [0.15, 0.2) is 0 Å². The molecule has 0 spiro atoms. The van der Waals surface area contributed by atoms with Crippen LogP contribution in [0.15, 0.2) is 34.8 Å². The van der Waals surface area contributed by atoms with E-state index in [1.165, 1.54) is 22.3 Å². The van der Waals surface area contributed by atoms with Crippen molar-refractivity contribution in [3.05, 3.63) is 62.6 Å². The molecule has 0 heterocycles. The van der Waals surface area contributed by atoms with E-state index in [1.54, 1.807) is 6.92 Å². The van der Waals surface area contributed by atoms with Gasteiger partial charge in [-0.05, 0) is 56.5 Å². The van der Waals surface area contributed by atoms with Crippen molar-refractivity contribution in [3.8, 4) is 5.75 Å². The van der Waals surface area contributed by atoms with Gasteiger partial charge in [-0.15, -0.1) is 0 Å². The monoisotopic (exact) mass is 348 g/mol. The van der Waals surface area contributed by atoms with Gasteiger partial charge in [-0.3, -0.25) is 0 Å². The molecule has 0 aliphatic rings. The van der Waals surface area contributed by atoms with Gasteiger partial charge in [0, 0.05) is 10.0 Å². The summed E-state index contributed by atoms with van der Waals surface area (Å²) in [5.74, 6) is 0.721. The lowest BCUT2D eigenvalue weighted by molar-refractivity contribution is 0.190. The number of aryl methyl sites for hydroxylation is 3. The molecule has 2 aromatic carbocycles. The summed E-state index contributed by atoms with van der Waals surface area (Å²) in [6, 6.07) is 10.0. The second-order valence-corrected chi connectivity index (χ2v) is 6.44. The van der Waals surface area contributed by atoms with E-state index in [4.69, 9.17) is 4.74 Å².